The van der Waals surface area contributed by atoms with Gasteiger partial charge < -0.3 is 14.8 Å². The molecule has 0 aromatic heterocycles. The molecule has 1 aliphatic rings. The molecule has 3 rings (SSSR count). The number of anilines is 2. The van der Waals surface area contributed by atoms with Gasteiger partial charge in [-0.1, -0.05) is 25.1 Å². The van der Waals surface area contributed by atoms with Crippen LogP contribution in [0.5, 0.6) is 11.5 Å². The quantitative estimate of drug-likeness (QED) is 0.800. The molecular weight excluding hydrogens is 380 g/mol. The smallest absolute Gasteiger partial charge is 0.248 e. The lowest BCUT2D eigenvalue weighted by Gasteiger charge is -2.29. The average Bonchev–Trinajstić information content (AvgIpc) is 2.67. The summed E-state index contributed by atoms with van der Waals surface area (Å²) in [5, 5.41) is 2.84. The van der Waals surface area contributed by atoms with Crippen LogP contribution in [0, 0.1) is 0 Å². The van der Waals surface area contributed by atoms with E-state index in [4.69, 9.17) is 9.47 Å². The number of benzene rings is 2. The molecule has 0 saturated heterocycles. The zero-order valence-corrected chi connectivity index (χ0v) is 17.0. The molecule has 1 aliphatic heterocycles. The van der Waals surface area contributed by atoms with Gasteiger partial charge in [-0.2, -0.15) is 0 Å². The lowest BCUT2D eigenvalue weighted by Crippen LogP contribution is -2.45. The minimum absolute atomic E-state index is 0.346. The number of hydrogen-bond donors (Lipinski definition) is 1. The summed E-state index contributed by atoms with van der Waals surface area (Å²) in [5.74, 6) is 0.597. The number of amides is 1. The third-order valence-corrected chi connectivity index (χ3v) is 5.77. The molecule has 0 fully saturated rings. The number of sulfonamides is 1. The Bertz CT molecular complexity index is 974. The molecule has 1 N–H and O–H groups in total. The van der Waals surface area contributed by atoms with Crippen LogP contribution in [0.15, 0.2) is 42.5 Å². The number of nitrogens with zero attached hydrogens (tertiary/aromatic N) is 1. The van der Waals surface area contributed by atoms with E-state index in [9.17, 15) is 13.2 Å². The van der Waals surface area contributed by atoms with Crippen LogP contribution < -0.4 is 19.1 Å². The molecule has 1 heterocycles. The number of carbonyl (C=O) groups is 1. The Morgan fingerprint density at radius 2 is 1.82 bits per heavy atom. The number of fused-ring (bicyclic) bond motifs is 1. The van der Waals surface area contributed by atoms with E-state index in [-0.39, 0.29) is 0 Å². The van der Waals surface area contributed by atoms with E-state index < -0.39 is 22.0 Å². The van der Waals surface area contributed by atoms with E-state index in [2.05, 4.69) is 5.32 Å². The highest BCUT2D eigenvalue weighted by atomic mass is 32.2. The van der Waals surface area contributed by atoms with Crippen molar-refractivity contribution in [2.45, 2.75) is 26.3 Å². The number of para-hydroxylation sites is 1. The Balaban J connectivity index is 1.90. The van der Waals surface area contributed by atoms with Gasteiger partial charge in [0.25, 0.3) is 0 Å². The summed E-state index contributed by atoms with van der Waals surface area (Å²) >= 11 is 0. The van der Waals surface area contributed by atoms with Crippen LogP contribution in [0.4, 0.5) is 11.4 Å². The van der Waals surface area contributed by atoms with E-state index in [1.165, 1.54) is 0 Å². The van der Waals surface area contributed by atoms with Crippen molar-refractivity contribution in [1.29, 1.82) is 0 Å². The summed E-state index contributed by atoms with van der Waals surface area (Å²) in [6.45, 7) is 4.38. The number of hydrogen-bond acceptors (Lipinski definition) is 5. The van der Waals surface area contributed by atoms with Crippen molar-refractivity contribution < 1.29 is 22.7 Å². The molecule has 150 valence electrons. The first-order valence-corrected chi connectivity index (χ1v) is 10.9. The van der Waals surface area contributed by atoms with Crippen molar-refractivity contribution in [3.05, 3.63) is 48.0 Å². The second-order valence-corrected chi connectivity index (χ2v) is 8.42. The summed E-state index contributed by atoms with van der Waals surface area (Å²) in [7, 11) is -3.72. The van der Waals surface area contributed by atoms with Crippen LogP contribution in [0.2, 0.25) is 0 Å². The molecule has 1 atom stereocenters. The number of rotatable bonds is 6. The fourth-order valence-electron chi connectivity index (χ4n) is 3.17. The normalized spacial score (nSPS) is 14.2. The maximum atomic E-state index is 12.9. The minimum Gasteiger partial charge on any atom is -0.486 e. The van der Waals surface area contributed by atoms with Crippen LogP contribution in [0.3, 0.4) is 0 Å². The van der Waals surface area contributed by atoms with Crippen molar-refractivity contribution in [3.63, 3.8) is 0 Å². The van der Waals surface area contributed by atoms with Gasteiger partial charge in [0.05, 0.1) is 11.9 Å². The maximum Gasteiger partial charge on any atom is 0.248 e. The molecule has 0 bridgehead atoms. The summed E-state index contributed by atoms with van der Waals surface area (Å²) in [6, 6.07) is 11.3. The molecule has 2 aromatic rings. The Morgan fingerprint density at radius 1 is 1.14 bits per heavy atom. The average molecular weight is 404 g/mol. The number of carbonyl (C=O) groups excluding carboxylic acids is 1. The highest BCUT2D eigenvalue weighted by Gasteiger charge is 2.30. The maximum absolute atomic E-state index is 12.9. The Morgan fingerprint density at radius 3 is 2.50 bits per heavy atom. The monoisotopic (exact) mass is 404 g/mol. The fraction of sp³-hybridized carbons (Fsp3) is 0.350. The number of ether oxygens (including phenoxy) is 2. The Kier molecular flexibility index (Phi) is 5.79. The molecule has 1 amide bonds. The van der Waals surface area contributed by atoms with Crippen molar-refractivity contribution >= 4 is 27.3 Å². The van der Waals surface area contributed by atoms with E-state index >= 15 is 0 Å². The van der Waals surface area contributed by atoms with Gasteiger partial charge in [0.1, 0.15) is 19.3 Å². The molecule has 0 spiro atoms. The fourth-order valence-corrected chi connectivity index (χ4v) is 4.33. The minimum atomic E-state index is -3.72. The zero-order valence-electron chi connectivity index (χ0n) is 16.1. The first kappa shape index (κ1) is 20.0. The number of nitrogens with one attached hydrogen (secondary N) is 1. The van der Waals surface area contributed by atoms with Gasteiger partial charge in [-0.3, -0.25) is 9.10 Å². The highest BCUT2D eigenvalue weighted by Crippen LogP contribution is 2.35. The van der Waals surface area contributed by atoms with Crippen molar-refractivity contribution in [2.24, 2.45) is 0 Å². The van der Waals surface area contributed by atoms with Crippen LogP contribution in [0.1, 0.15) is 19.4 Å². The predicted octanol–water partition coefficient (Wildman–Crippen LogP) is 2.81. The Labute approximate surface area is 165 Å². The third kappa shape index (κ3) is 4.22. The second kappa shape index (κ2) is 8.10. The van der Waals surface area contributed by atoms with E-state index in [1.54, 1.807) is 31.2 Å². The summed E-state index contributed by atoms with van der Waals surface area (Å²) < 4.78 is 37.1. The van der Waals surface area contributed by atoms with Gasteiger partial charge in [0, 0.05) is 11.8 Å². The molecule has 0 aliphatic carbocycles. The van der Waals surface area contributed by atoms with Crippen molar-refractivity contribution in [3.8, 4) is 11.5 Å². The lowest BCUT2D eigenvalue weighted by atomic mass is 10.1. The van der Waals surface area contributed by atoms with Crippen LogP contribution >= 0.6 is 0 Å². The van der Waals surface area contributed by atoms with Gasteiger partial charge in [-0.15, -0.1) is 0 Å². The van der Waals surface area contributed by atoms with Gasteiger partial charge >= 0.3 is 0 Å². The highest BCUT2D eigenvalue weighted by molar-refractivity contribution is 7.92. The standard InChI is InChI=1S/C20H24N2O5S/c1-4-15-7-5-6-8-17(15)21-20(23)14(2)22(28(3,24)25)16-9-10-18-19(13-16)27-12-11-26-18/h5-10,13-14H,4,11-12H2,1-3H3,(H,21,23)/t14-/m1/s1. The number of aryl methyl sites for hydroxylation is 1. The molecule has 7 nitrogen and oxygen atoms in total. The van der Waals surface area contributed by atoms with Crippen LogP contribution in [-0.2, 0) is 21.2 Å². The first-order chi connectivity index (χ1) is 13.3. The van der Waals surface area contributed by atoms with Gasteiger partial charge in [-0.25, -0.2) is 8.42 Å². The van der Waals surface area contributed by atoms with Gasteiger partial charge in [0.15, 0.2) is 11.5 Å². The van der Waals surface area contributed by atoms with Crippen molar-refractivity contribution in [1.82, 2.24) is 0 Å². The van der Waals surface area contributed by atoms with Crippen LogP contribution in [-0.4, -0.2) is 39.8 Å². The SMILES string of the molecule is CCc1ccccc1NC(=O)[C@@H](C)N(c1ccc2c(c1)OCCO2)S(C)(=O)=O. The van der Waals surface area contributed by atoms with E-state index in [1.807, 2.05) is 25.1 Å². The topological polar surface area (TPSA) is 84.9 Å². The van der Waals surface area contributed by atoms with E-state index in [0.717, 1.165) is 22.5 Å². The molecule has 8 heteroatoms. The van der Waals surface area contributed by atoms with Gasteiger partial charge in [-0.05, 0) is 37.1 Å². The third-order valence-electron chi connectivity index (χ3n) is 4.52. The molecule has 28 heavy (non-hydrogen) atoms. The summed E-state index contributed by atoms with van der Waals surface area (Å²) in [6.07, 6.45) is 1.83. The van der Waals surface area contributed by atoms with E-state index in [0.29, 0.717) is 36.1 Å². The largest absolute Gasteiger partial charge is 0.486 e. The zero-order chi connectivity index (χ0) is 20.3. The Hall–Kier alpha value is -2.74. The molecule has 0 unspecified atom stereocenters. The second-order valence-electron chi connectivity index (χ2n) is 6.56. The molecule has 0 radical (unpaired) electrons. The molecule has 2 aromatic carbocycles. The van der Waals surface area contributed by atoms with Crippen LogP contribution in [0.25, 0.3) is 0 Å². The predicted molar refractivity (Wildman–Crippen MR) is 109 cm³/mol. The lowest BCUT2D eigenvalue weighted by molar-refractivity contribution is -0.116. The first-order valence-electron chi connectivity index (χ1n) is 9.09. The van der Waals surface area contributed by atoms with Gasteiger partial charge in [0.2, 0.25) is 15.9 Å². The molecule has 0 saturated carbocycles. The van der Waals surface area contributed by atoms with Crippen molar-refractivity contribution in [2.75, 3.05) is 29.1 Å². The summed E-state index contributed by atoms with van der Waals surface area (Å²) in [4.78, 5) is 12.9. The summed E-state index contributed by atoms with van der Waals surface area (Å²) in [5.41, 5.74) is 2.00. The molecular formula is C20H24N2O5S.